The lowest BCUT2D eigenvalue weighted by molar-refractivity contribution is -0.131. The summed E-state index contributed by atoms with van der Waals surface area (Å²) < 4.78 is 20.8. The number of benzene rings is 2. The van der Waals surface area contributed by atoms with Crippen molar-refractivity contribution < 1.29 is 34.0 Å². The van der Waals surface area contributed by atoms with E-state index >= 15 is 0 Å². The molecular formula is C21H21N3O7S. The molecule has 0 saturated heterocycles. The minimum Gasteiger partial charge on any atom is -0.502 e. The van der Waals surface area contributed by atoms with Crippen LogP contribution in [0.1, 0.15) is 5.56 Å². The molecule has 0 aliphatic carbocycles. The van der Waals surface area contributed by atoms with Crippen molar-refractivity contribution in [1.82, 2.24) is 15.2 Å². The molecule has 32 heavy (non-hydrogen) atoms. The first-order valence-electron chi connectivity index (χ1n) is 9.12. The van der Waals surface area contributed by atoms with Crippen molar-refractivity contribution in [2.75, 3.05) is 28.4 Å². The van der Waals surface area contributed by atoms with Gasteiger partial charge in [-0.3, -0.25) is 5.10 Å². The molecule has 0 bridgehead atoms. The van der Waals surface area contributed by atoms with Gasteiger partial charge in [-0.2, -0.15) is 0 Å². The maximum Gasteiger partial charge on any atom is 0.342 e. The number of thioether (sulfide) groups is 1. The molecule has 1 heterocycles. The minimum atomic E-state index is -1.17. The molecule has 10 nitrogen and oxygen atoms in total. The third-order valence-corrected chi connectivity index (χ3v) is 5.18. The van der Waals surface area contributed by atoms with Crippen LogP contribution in [0.3, 0.4) is 0 Å². The lowest BCUT2D eigenvalue weighted by Gasteiger charge is -2.10. The third kappa shape index (κ3) is 5.06. The lowest BCUT2D eigenvalue weighted by atomic mass is 10.1. The normalized spacial score (nSPS) is 11.2. The number of phenolic OH excluding ortho intramolecular Hbond substituents is 1. The number of carboxylic acids is 1. The van der Waals surface area contributed by atoms with Crippen LogP contribution in [-0.2, 0) is 4.79 Å². The topological polar surface area (TPSA) is 136 Å². The van der Waals surface area contributed by atoms with Gasteiger partial charge in [0.05, 0.1) is 28.4 Å². The van der Waals surface area contributed by atoms with Gasteiger partial charge in [0.15, 0.2) is 17.3 Å². The van der Waals surface area contributed by atoms with Crippen LogP contribution in [-0.4, -0.2) is 59.8 Å². The number of aliphatic carboxylic acids is 1. The SMILES string of the molecule is COc1cc(OC)cc(-c2nc(S/C(=C\c3cc(OC)c(O)c(OC)c3)C(=O)O)n[nH]2)c1. The predicted octanol–water partition coefficient (Wildman–Crippen LogP) is 3.43. The van der Waals surface area contributed by atoms with Crippen LogP contribution in [0.2, 0.25) is 0 Å². The summed E-state index contributed by atoms with van der Waals surface area (Å²) in [4.78, 5) is 16.1. The maximum absolute atomic E-state index is 11.8. The van der Waals surface area contributed by atoms with Gasteiger partial charge in [-0.15, -0.1) is 5.10 Å². The van der Waals surface area contributed by atoms with Crippen molar-refractivity contribution in [2.45, 2.75) is 5.16 Å². The number of hydrogen-bond acceptors (Lipinski definition) is 9. The Hall–Kier alpha value is -3.86. The number of aromatic nitrogens is 3. The van der Waals surface area contributed by atoms with E-state index in [1.165, 1.54) is 46.6 Å². The molecule has 0 amide bonds. The Labute approximate surface area is 187 Å². The fourth-order valence-corrected chi connectivity index (χ4v) is 3.45. The highest BCUT2D eigenvalue weighted by Crippen LogP contribution is 2.38. The summed E-state index contributed by atoms with van der Waals surface area (Å²) in [5, 5.41) is 26.8. The second-order valence-electron chi connectivity index (χ2n) is 6.26. The zero-order chi connectivity index (χ0) is 23.3. The third-order valence-electron chi connectivity index (χ3n) is 4.30. The summed E-state index contributed by atoms with van der Waals surface area (Å²) in [5.74, 6) is 0.523. The van der Waals surface area contributed by atoms with E-state index < -0.39 is 5.97 Å². The number of rotatable bonds is 9. The quantitative estimate of drug-likeness (QED) is 0.322. The summed E-state index contributed by atoms with van der Waals surface area (Å²) in [6, 6.07) is 8.21. The van der Waals surface area contributed by atoms with Crippen molar-refractivity contribution in [1.29, 1.82) is 0 Å². The second kappa shape index (κ2) is 9.96. The van der Waals surface area contributed by atoms with Crippen LogP contribution in [0.25, 0.3) is 17.5 Å². The van der Waals surface area contributed by atoms with Gasteiger partial charge in [0.1, 0.15) is 16.4 Å². The summed E-state index contributed by atoms with van der Waals surface area (Å²) in [7, 11) is 5.85. The highest BCUT2D eigenvalue weighted by atomic mass is 32.2. The molecule has 3 aromatic rings. The number of carboxylic acid groups (broad SMARTS) is 1. The van der Waals surface area contributed by atoms with E-state index in [2.05, 4.69) is 15.2 Å². The van der Waals surface area contributed by atoms with Crippen LogP contribution in [0.4, 0.5) is 0 Å². The fraction of sp³-hybridized carbons (Fsp3) is 0.190. The average molecular weight is 459 g/mol. The molecule has 0 atom stereocenters. The molecule has 3 rings (SSSR count). The number of methoxy groups -OCH3 is 4. The molecule has 1 aromatic heterocycles. The van der Waals surface area contributed by atoms with Crippen molar-refractivity contribution in [3.8, 4) is 40.1 Å². The highest BCUT2D eigenvalue weighted by molar-refractivity contribution is 8.04. The van der Waals surface area contributed by atoms with Crippen LogP contribution in [0, 0.1) is 0 Å². The van der Waals surface area contributed by atoms with E-state index in [0.29, 0.717) is 28.5 Å². The number of hydrogen-bond donors (Lipinski definition) is 3. The van der Waals surface area contributed by atoms with Crippen LogP contribution in [0.15, 0.2) is 40.4 Å². The zero-order valence-corrected chi connectivity index (χ0v) is 18.5. The second-order valence-corrected chi connectivity index (χ2v) is 7.27. The molecule has 0 spiro atoms. The van der Waals surface area contributed by atoms with Gasteiger partial charge in [0.25, 0.3) is 0 Å². The van der Waals surface area contributed by atoms with Crippen molar-refractivity contribution in [3.63, 3.8) is 0 Å². The smallest absolute Gasteiger partial charge is 0.342 e. The molecule has 2 aromatic carbocycles. The fourth-order valence-electron chi connectivity index (χ4n) is 2.75. The molecule has 0 aliphatic rings. The molecule has 168 valence electrons. The number of aromatic amines is 1. The van der Waals surface area contributed by atoms with Crippen molar-refractivity contribution >= 4 is 23.8 Å². The summed E-state index contributed by atoms with van der Waals surface area (Å²) in [5.41, 5.74) is 1.11. The summed E-state index contributed by atoms with van der Waals surface area (Å²) >= 11 is 0.860. The Bertz CT molecular complexity index is 1110. The Morgan fingerprint density at radius 2 is 1.56 bits per heavy atom. The molecule has 0 saturated carbocycles. The number of phenols is 1. The van der Waals surface area contributed by atoms with Crippen molar-refractivity contribution in [3.05, 3.63) is 40.8 Å². The maximum atomic E-state index is 11.8. The largest absolute Gasteiger partial charge is 0.502 e. The van der Waals surface area contributed by atoms with E-state index in [9.17, 15) is 15.0 Å². The monoisotopic (exact) mass is 459 g/mol. The molecule has 0 fully saturated rings. The minimum absolute atomic E-state index is 0.0476. The first kappa shape index (κ1) is 22.8. The van der Waals surface area contributed by atoms with E-state index in [4.69, 9.17) is 18.9 Å². The lowest BCUT2D eigenvalue weighted by Crippen LogP contribution is -1.98. The Morgan fingerprint density at radius 3 is 2.06 bits per heavy atom. The van der Waals surface area contributed by atoms with Gasteiger partial charge in [-0.1, -0.05) is 0 Å². The summed E-state index contributed by atoms with van der Waals surface area (Å²) in [6.07, 6.45) is 1.40. The van der Waals surface area contributed by atoms with Crippen LogP contribution in [0.5, 0.6) is 28.7 Å². The Kier molecular flexibility index (Phi) is 7.11. The highest BCUT2D eigenvalue weighted by Gasteiger charge is 2.17. The number of nitrogens with one attached hydrogen (secondary N) is 1. The van der Waals surface area contributed by atoms with Crippen LogP contribution < -0.4 is 18.9 Å². The number of H-pyrrole nitrogens is 1. The van der Waals surface area contributed by atoms with Crippen molar-refractivity contribution in [2.24, 2.45) is 0 Å². The first-order chi connectivity index (χ1) is 15.4. The molecule has 0 unspecified atom stereocenters. The zero-order valence-electron chi connectivity index (χ0n) is 17.7. The van der Waals surface area contributed by atoms with Gasteiger partial charge in [-0.05, 0) is 47.7 Å². The van der Waals surface area contributed by atoms with Gasteiger partial charge < -0.3 is 29.2 Å². The van der Waals surface area contributed by atoms with Crippen LogP contribution >= 0.6 is 11.8 Å². The molecule has 0 aliphatic heterocycles. The van der Waals surface area contributed by atoms with Gasteiger partial charge in [-0.25, -0.2) is 9.78 Å². The van der Waals surface area contributed by atoms with E-state index in [1.807, 2.05) is 0 Å². The standard InChI is InChI=1S/C21H21N3O7S/c1-28-13-8-12(9-14(10-13)29-2)19-22-21(24-23-19)32-17(20(26)27)7-11-5-15(30-3)18(25)16(6-11)31-4/h5-10,25H,1-4H3,(H,26,27)(H,22,23,24)/b17-7-. The predicted molar refractivity (Wildman–Crippen MR) is 118 cm³/mol. The van der Waals surface area contributed by atoms with Gasteiger partial charge in [0.2, 0.25) is 10.9 Å². The Balaban J connectivity index is 1.92. The van der Waals surface area contributed by atoms with E-state index in [1.54, 1.807) is 18.2 Å². The molecule has 0 radical (unpaired) electrons. The van der Waals surface area contributed by atoms with Gasteiger partial charge >= 0.3 is 5.97 Å². The number of nitrogens with zero attached hydrogens (tertiary/aromatic N) is 2. The van der Waals surface area contributed by atoms with E-state index in [-0.39, 0.29) is 27.3 Å². The first-order valence-corrected chi connectivity index (χ1v) is 9.93. The molecule has 3 N–H and O–H groups in total. The number of carbonyl (C=O) groups is 1. The van der Waals surface area contributed by atoms with E-state index in [0.717, 1.165) is 11.8 Å². The van der Waals surface area contributed by atoms with Gasteiger partial charge in [0, 0.05) is 11.6 Å². The Morgan fingerprint density at radius 1 is 0.969 bits per heavy atom. The number of ether oxygens (including phenoxy) is 4. The number of aromatic hydroxyl groups is 1. The summed E-state index contributed by atoms with van der Waals surface area (Å²) in [6.45, 7) is 0. The average Bonchev–Trinajstić information content (AvgIpc) is 3.27. The molecule has 11 heteroatoms. The molecular weight excluding hydrogens is 438 g/mol.